The molecule has 0 unspecified atom stereocenters. The SMILES string of the molecule is CC[C@@H]1C[C@@]12NC(=O)[C@@H]1C[C@H](CN1C(=O)[C@@H](C)C(C)(C)C)Oc1nc3c(cccc3n1C(C)C)-c1nc(C(C)C)c(s1)CCC=CCCC1(CC1)S(=O)(=O)CC2=O. The smallest absolute Gasteiger partial charge is 0.297 e. The van der Waals surface area contributed by atoms with Gasteiger partial charge in [-0.05, 0) is 88.2 Å². The first kappa shape index (κ1) is 41.6. The summed E-state index contributed by atoms with van der Waals surface area (Å²) in [6.07, 6.45) is 8.66. The fourth-order valence-corrected chi connectivity index (χ4v) is 12.2. The Morgan fingerprint density at radius 3 is 2.40 bits per heavy atom. The molecule has 2 saturated carbocycles. The van der Waals surface area contributed by atoms with Crippen molar-refractivity contribution in [3.8, 4) is 16.6 Å². The molecule has 2 aromatic heterocycles. The minimum absolute atomic E-state index is 0.00956. The lowest BCUT2D eigenvalue weighted by Gasteiger charge is -2.33. The molecular weight excluding hydrogens is 759 g/mol. The molecule has 7 rings (SSSR count). The Labute approximate surface area is 342 Å². The molecule has 1 saturated heterocycles. The van der Waals surface area contributed by atoms with E-state index < -0.39 is 55.6 Å². The van der Waals surface area contributed by atoms with Crippen molar-refractivity contribution < 1.29 is 27.5 Å². The van der Waals surface area contributed by atoms with Gasteiger partial charge in [-0.25, -0.2) is 13.4 Å². The molecule has 310 valence electrons. The second kappa shape index (κ2) is 15.2. The number of fused-ring (bicyclic) bond motifs is 6. The van der Waals surface area contributed by atoms with E-state index in [1.165, 1.54) is 4.88 Å². The van der Waals surface area contributed by atoms with Gasteiger partial charge in [0.15, 0.2) is 15.6 Å². The first-order chi connectivity index (χ1) is 26.8. The maximum Gasteiger partial charge on any atom is 0.297 e. The van der Waals surface area contributed by atoms with Crippen LogP contribution in [0.2, 0.25) is 0 Å². The molecule has 4 aliphatic rings. The van der Waals surface area contributed by atoms with E-state index in [1.807, 2.05) is 46.8 Å². The summed E-state index contributed by atoms with van der Waals surface area (Å²) in [5.74, 6) is -1.99. The summed E-state index contributed by atoms with van der Waals surface area (Å²) in [6.45, 7) is 18.5. The van der Waals surface area contributed by atoms with Gasteiger partial charge < -0.3 is 15.0 Å². The van der Waals surface area contributed by atoms with Gasteiger partial charge in [0.05, 0.1) is 22.5 Å². The number of allylic oxidation sites excluding steroid dienone is 2. The molecule has 13 heteroatoms. The van der Waals surface area contributed by atoms with Crippen LogP contribution in [0, 0.1) is 17.3 Å². The molecule has 6 bridgehead atoms. The number of benzene rings is 1. The van der Waals surface area contributed by atoms with E-state index in [1.54, 1.807) is 16.2 Å². The highest BCUT2D eigenvalue weighted by Gasteiger charge is 2.63. The van der Waals surface area contributed by atoms with Crippen LogP contribution >= 0.6 is 11.3 Å². The third-order valence-corrected chi connectivity index (χ3v) is 16.9. The van der Waals surface area contributed by atoms with E-state index in [9.17, 15) is 22.8 Å². The van der Waals surface area contributed by atoms with E-state index in [-0.39, 0.29) is 42.2 Å². The molecule has 2 spiro atoms. The number of thiazole rings is 1. The molecule has 5 atom stereocenters. The number of amides is 2. The fourth-order valence-electron chi connectivity index (χ4n) is 8.90. The van der Waals surface area contributed by atoms with E-state index in [0.29, 0.717) is 44.5 Å². The van der Waals surface area contributed by atoms with Crippen LogP contribution < -0.4 is 10.1 Å². The molecule has 0 radical (unpaired) electrons. The van der Waals surface area contributed by atoms with E-state index >= 15 is 0 Å². The van der Waals surface area contributed by atoms with Crippen molar-refractivity contribution in [3.05, 3.63) is 40.9 Å². The molecule has 2 aliphatic heterocycles. The van der Waals surface area contributed by atoms with E-state index in [2.05, 4.69) is 55.8 Å². The Balaban J connectivity index is 1.30. The predicted octanol–water partition coefficient (Wildman–Crippen LogP) is 7.98. The lowest BCUT2D eigenvalue weighted by Crippen LogP contribution is -2.55. The van der Waals surface area contributed by atoms with Gasteiger partial charge in [-0.2, -0.15) is 4.98 Å². The summed E-state index contributed by atoms with van der Waals surface area (Å²) in [5.41, 5.74) is 2.07. The average Bonchev–Trinajstić information content (AvgIpc) is 3.91. The van der Waals surface area contributed by atoms with Crippen molar-refractivity contribution in [1.29, 1.82) is 0 Å². The second-order valence-electron chi connectivity index (χ2n) is 18.8. The third kappa shape index (κ3) is 7.72. The summed E-state index contributed by atoms with van der Waals surface area (Å²) in [5, 5.41) is 3.96. The lowest BCUT2D eigenvalue weighted by atomic mass is 9.81. The number of ketones is 1. The molecule has 2 aliphatic carbocycles. The highest BCUT2D eigenvalue weighted by molar-refractivity contribution is 7.93. The van der Waals surface area contributed by atoms with Crippen LogP contribution in [-0.4, -0.2) is 80.2 Å². The van der Waals surface area contributed by atoms with Crippen LogP contribution in [0.4, 0.5) is 0 Å². The Bertz CT molecular complexity index is 2190. The van der Waals surface area contributed by atoms with Gasteiger partial charge in [0, 0.05) is 28.8 Å². The highest BCUT2D eigenvalue weighted by Crippen LogP contribution is 2.51. The van der Waals surface area contributed by atoms with Crippen molar-refractivity contribution in [1.82, 2.24) is 24.8 Å². The Morgan fingerprint density at radius 1 is 1.05 bits per heavy atom. The van der Waals surface area contributed by atoms with Gasteiger partial charge >= 0.3 is 0 Å². The fraction of sp³-hybridized carbons (Fsp3) is 0.659. The standard InChI is InChI=1S/C44H61N5O6S2/c1-10-29-23-44(29)35(50)25-57(53,54)43(20-21-43)19-14-12-11-13-18-34-36(26(2)3)45-39(56-34)31-16-15-17-32-37(31)46-41(49(32)27(4)5)55-30-22-33(38(51)47-44)48(24-30)40(52)28(6)42(7,8)9/h11-12,15-17,26-30,33H,10,13-14,18-25H2,1-9H3,(H,47,51)/t28-,29-,30-,33+,44-/m1/s1. The molecule has 1 N–H and O–H groups in total. The van der Waals surface area contributed by atoms with Gasteiger partial charge in [-0.15, -0.1) is 11.3 Å². The number of sulfone groups is 1. The number of nitrogens with zero attached hydrogens (tertiary/aromatic N) is 4. The summed E-state index contributed by atoms with van der Waals surface area (Å²) >= 11 is 1.69. The second-order valence-corrected chi connectivity index (χ2v) is 22.2. The molecule has 11 nitrogen and oxygen atoms in total. The summed E-state index contributed by atoms with van der Waals surface area (Å²) in [7, 11) is -3.77. The number of nitrogens with one attached hydrogen (secondary N) is 1. The van der Waals surface area contributed by atoms with E-state index in [0.717, 1.165) is 40.1 Å². The number of hydrogen-bond donors (Lipinski definition) is 1. The normalized spacial score (nSPS) is 26.9. The largest absolute Gasteiger partial charge is 0.459 e. The first-order valence-corrected chi connectivity index (χ1v) is 23.5. The highest BCUT2D eigenvalue weighted by atomic mass is 32.2. The third-order valence-electron chi connectivity index (χ3n) is 13.2. The molecule has 3 fully saturated rings. The summed E-state index contributed by atoms with van der Waals surface area (Å²) < 4.78 is 35.8. The Morgan fingerprint density at radius 2 is 1.77 bits per heavy atom. The van der Waals surface area contributed by atoms with Crippen LogP contribution in [0.1, 0.15) is 136 Å². The maximum absolute atomic E-state index is 14.5. The summed E-state index contributed by atoms with van der Waals surface area (Å²) in [6, 6.07) is 5.63. The zero-order chi connectivity index (χ0) is 41.2. The number of aromatic nitrogens is 3. The van der Waals surface area contributed by atoms with Crippen LogP contribution in [-0.2, 0) is 30.6 Å². The van der Waals surface area contributed by atoms with Gasteiger partial charge in [-0.3, -0.25) is 19.0 Å². The van der Waals surface area contributed by atoms with Crippen molar-refractivity contribution >= 4 is 49.8 Å². The number of carbonyl (C=O) groups is 3. The van der Waals surface area contributed by atoms with Crippen molar-refractivity contribution in [2.45, 2.75) is 154 Å². The minimum atomic E-state index is -3.77. The van der Waals surface area contributed by atoms with E-state index in [4.69, 9.17) is 14.7 Å². The molecular formula is C44H61N5O6S2. The van der Waals surface area contributed by atoms with Crippen molar-refractivity contribution in [3.63, 3.8) is 0 Å². The van der Waals surface area contributed by atoms with Gasteiger partial charge in [0.1, 0.15) is 34.0 Å². The van der Waals surface area contributed by atoms with Crippen LogP contribution in [0.5, 0.6) is 6.01 Å². The molecule has 1 aromatic carbocycles. The lowest BCUT2D eigenvalue weighted by molar-refractivity contribution is -0.144. The summed E-state index contributed by atoms with van der Waals surface area (Å²) in [4.78, 5) is 56.1. The number of imidazole rings is 1. The molecule has 57 heavy (non-hydrogen) atoms. The maximum atomic E-state index is 14.5. The number of para-hydroxylation sites is 1. The predicted molar refractivity (Wildman–Crippen MR) is 225 cm³/mol. The zero-order valence-corrected chi connectivity index (χ0v) is 36.8. The van der Waals surface area contributed by atoms with Crippen molar-refractivity contribution in [2.24, 2.45) is 17.3 Å². The zero-order valence-electron chi connectivity index (χ0n) is 35.2. The van der Waals surface area contributed by atoms with Crippen LogP contribution in [0.15, 0.2) is 30.4 Å². The number of Topliss-reactive ketones (excluding diaryl/α,β-unsaturated/α-hetero) is 1. The number of likely N-dealkylation sites (tertiary alicyclic amines) is 1. The Hall–Kier alpha value is -3.58. The average molecular weight is 820 g/mol. The Kier molecular flexibility index (Phi) is 11.1. The first-order valence-electron chi connectivity index (χ1n) is 21.0. The molecule has 4 heterocycles. The monoisotopic (exact) mass is 819 g/mol. The number of rotatable bonds is 4. The minimum Gasteiger partial charge on any atom is -0.459 e. The molecule has 3 aromatic rings. The van der Waals surface area contributed by atoms with Crippen LogP contribution in [0.3, 0.4) is 0 Å². The topological polar surface area (TPSA) is 141 Å². The van der Waals surface area contributed by atoms with Gasteiger partial charge in [0.2, 0.25) is 11.8 Å². The van der Waals surface area contributed by atoms with Gasteiger partial charge in [-0.1, -0.05) is 73.1 Å². The number of ether oxygens (including phenoxy) is 1. The van der Waals surface area contributed by atoms with Gasteiger partial charge in [0.25, 0.3) is 6.01 Å². The molecule has 2 amide bonds. The number of carbonyl (C=O) groups excluding carboxylic acids is 3. The number of hydrogen-bond acceptors (Lipinski definition) is 9. The number of aryl methyl sites for hydroxylation is 1. The van der Waals surface area contributed by atoms with Crippen molar-refractivity contribution in [2.75, 3.05) is 12.3 Å². The van der Waals surface area contributed by atoms with Crippen LogP contribution in [0.25, 0.3) is 21.6 Å². The quantitative estimate of drug-likeness (QED) is 0.262.